The molecule has 0 aromatic rings. The molecule has 0 aromatic heterocycles. The number of rotatable bonds is 13. The molecule has 0 heterocycles. The van der Waals surface area contributed by atoms with Gasteiger partial charge in [0.05, 0.1) is 0 Å². The Morgan fingerprint density at radius 3 is 1.71 bits per heavy atom. The van der Waals surface area contributed by atoms with Crippen LogP contribution in [0.15, 0.2) is 0 Å². The molecule has 0 saturated carbocycles. The number of nitrogens with zero attached hydrogens (tertiary/aromatic N) is 1. The Morgan fingerprint density at radius 2 is 1.29 bits per heavy atom. The molecule has 0 aliphatic heterocycles. The minimum atomic E-state index is 0.583. The summed E-state index contributed by atoms with van der Waals surface area (Å²) in [6, 6.07) is 0. The number of nitrogens with two attached hydrogens (primary N) is 1. The first-order chi connectivity index (χ1) is 8.35. The van der Waals surface area contributed by atoms with Crippen LogP contribution in [0.2, 0.25) is 0 Å². The van der Waals surface area contributed by atoms with E-state index in [0.29, 0.717) is 6.67 Å². The van der Waals surface area contributed by atoms with E-state index in [1.807, 2.05) is 14.1 Å². The zero-order valence-corrected chi connectivity index (χ0v) is 11.6. The van der Waals surface area contributed by atoms with Crippen LogP contribution in [0.4, 0.5) is 0 Å². The summed E-state index contributed by atoms with van der Waals surface area (Å²) in [5.41, 5.74) is 5.40. The van der Waals surface area contributed by atoms with Gasteiger partial charge in [-0.1, -0.05) is 0 Å². The van der Waals surface area contributed by atoms with E-state index in [4.69, 9.17) is 5.73 Å². The lowest BCUT2D eigenvalue weighted by molar-refractivity contribution is 0.262. The molecule has 5 nitrogen and oxygen atoms in total. The van der Waals surface area contributed by atoms with Crippen LogP contribution in [-0.2, 0) is 0 Å². The number of nitrogens with one attached hydrogen (secondary N) is 3. The lowest BCUT2D eigenvalue weighted by atomic mass is 10.3. The lowest BCUT2D eigenvalue weighted by Gasteiger charge is -2.22. The second-order valence-corrected chi connectivity index (χ2v) is 4.31. The molecule has 17 heavy (non-hydrogen) atoms. The van der Waals surface area contributed by atoms with E-state index < -0.39 is 0 Å². The molecule has 0 bridgehead atoms. The SMILES string of the molecule is CNCCCN(CCCNC)CCCNCN. The van der Waals surface area contributed by atoms with Gasteiger partial charge in [-0.2, -0.15) is 0 Å². The molecule has 0 unspecified atom stereocenters. The Labute approximate surface area is 107 Å². The summed E-state index contributed by atoms with van der Waals surface area (Å²) >= 11 is 0. The van der Waals surface area contributed by atoms with E-state index in [-0.39, 0.29) is 0 Å². The van der Waals surface area contributed by atoms with Crippen LogP contribution in [0, 0.1) is 0 Å². The summed E-state index contributed by atoms with van der Waals surface area (Å²) in [5, 5.41) is 9.56. The molecule has 104 valence electrons. The van der Waals surface area contributed by atoms with Crippen molar-refractivity contribution in [2.45, 2.75) is 19.3 Å². The summed E-state index contributed by atoms with van der Waals surface area (Å²) in [6.07, 6.45) is 3.62. The number of hydrogen-bond donors (Lipinski definition) is 4. The van der Waals surface area contributed by atoms with E-state index in [1.165, 1.54) is 38.9 Å². The smallest absolute Gasteiger partial charge is 0.0428 e. The van der Waals surface area contributed by atoms with Gasteiger partial charge in [-0.25, -0.2) is 0 Å². The van der Waals surface area contributed by atoms with Gasteiger partial charge in [0.15, 0.2) is 0 Å². The molecule has 0 aliphatic rings. The van der Waals surface area contributed by atoms with Crippen LogP contribution in [0.1, 0.15) is 19.3 Å². The molecule has 0 fully saturated rings. The van der Waals surface area contributed by atoms with Crippen molar-refractivity contribution < 1.29 is 0 Å². The fourth-order valence-electron chi connectivity index (χ4n) is 1.82. The molecule has 0 amide bonds. The second kappa shape index (κ2) is 13.9. The molecule has 0 aliphatic carbocycles. The van der Waals surface area contributed by atoms with Crippen LogP contribution >= 0.6 is 0 Å². The van der Waals surface area contributed by atoms with Crippen molar-refractivity contribution in [2.24, 2.45) is 5.73 Å². The standard InChI is InChI=1S/C12H31N5/c1-14-6-3-9-17(10-4-7-15-2)11-5-8-16-12-13/h14-16H,3-13H2,1-2H3. The summed E-state index contributed by atoms with van der Waals surface area (Å²) in [6.45, 7) is 7.35. The van der Waals surface area contributed by atoms with Crippen LogP contribution in [-0.4, -0.2) is 64.9 Å². The minimum Gasteiger partial charge on any atom is -0.320 e. The molecule has 0 spiro atoms. The lowest BCUT2D eigenvalue weighted by Crippen LogP contribution is -2.33. The Morgan fingerprint density at radius 1 is 0.824 bits per heavy atom. The van der Waals surface area contributed by atoms with Gasteiger partial charge in [0, 0.05) is 6.67 Å². The maximum absolute atomic E-state index is 5.40. The van der Waals surface area contributed by atoms with Crippen LogP contribution < -0.4 is 21.7 Å². The van der Waals surface area contributed by atoms with Crippen molar-refractivity contribution in [1.82, 2.24) is 20.9 Å². The van der Waals surface area contributed by atoms with Gasteiger partial charge >= 0.3 is 0 Å². The average Bonchev–Trinajstić information content (AvgIpc) is 2.34. The van der Waals surface area contributed by atoms with E-state index in [2.05, 4.69) is 20.9 Å². The maximum Gasteiger partial charge on any atom is 0.0428 e. The van der Waals surface area contributed by atoms with Gasteiger partial charge in [-0.3, -0.25) is 0 Å². The quantitative estimate of drug-likeness (QED) is 0.258. The van der Waals surface area contributed by atoms with E-state index in [9.17, 15) is 0 Å². The third-order valence-corrected chi connectivity index (χ3v) is 2.77. The predicted octanol–water partition coefficient (Wildman–Crippen LogP) is -0.597. The number of hydrogen-bond acceptors (Lipinski definition) is 5. The zero-order chi connectivity index (χ0) is 12.8. The topological polar surface area (TPSA) is 65.3 Å². The third kappa shape index (κ3) is 12.1. The molecule has 0 radical (unpaired) electrons. The second-order valence-electron chi connectivity index (χ2n) is 4.31. The summed E-state index contributed by atoms with van der Waals surface area (Å²) in [7, 11) is 4.02. The van der Waals surface area contributed by atoms with Crippen LogP contribution in [0.25, 0.3) is 0 Å². The molecule has 0 rings (SSSR count). The van der Waals surface area contributed by atoms with Gasteiger partial charge in [-0.05, 0) is 72.6 Å². The van der Waals surface area contributed by atoms with Crippen molar-refractivity contribution in [3.05, 3.63) is 0 Å². The van der Waals surface area contributed by atoms with Gasteiger partial charge < -0.3 is 26.6 Å². The molecule has 0 atom stereocenters. The maximum atomic E-state index is 5.40. The molecule has 0 aromatic carbocycles. The fourth-order valence-corrected chi connectivity index (χ4v) is 1.82. The van der Waals surface area contributed by atoms with E-state index in [1.54, 1.807) is 0 Å². The highest BCUT2D eigenvalue weighted by Crippen LogP contribution is 1.96. The van der Waals surface area contributed by atoms with E-state index >= 15 is 0 Å². The molecular weight excluding hydrogens is 214 g/mol. The minimum absolute atomic E-state index is 0.583. The van der Waals surface area contributed by atoms with Crippen molar-refractivity contribution in [3.63, 3.8) is 0 Å². The Bertz CT molecular complexity index is 133. The largest absolute Gasteiger partial charge is 0.320 e. The van der Waals surface area contributed by atoms with Gasteiger partial charge in [0.25, 0.3) is 0 Å². The highest BCUT2D eigenvalue weighted by Gasteiger charge is 2.03. The highest BCUT2D eigenvalue weighted by molar-refractivity contribution is 4.61. The Balaban J connectivity index is 3.60. The first kappa shape index (κ1) is 16.8. The third-order valence-electron chi connectivity index (χ3n) is 2.77. The first-order valence-corrected chi connectivity index (χ1v) is 6.77. The monoisotopic (exact) mass is 245 g/mol. The van der Waals surface area contributed by atoms with Crippen molar-refractivity contribution in [1.29, 1.82) is 0 Å². The normalized spacial score (nSPS) is 11.3. The Hall–Kier alpha value is -0.200. The molecule has 5 heteroatoms. The van der Waals surface area contributed by atoms with Crippen LogP contribution in [0.3, 0.4) is 0 Å². The van der Waals surface area contributed by atoms with Gasteiger partial charge in [-0.15, -0.1) is 0 Å². The van der Waals surface area contributed by atoms with Crippen molar-refractivity contribution in [2.75, 3.05) is 60.0 Å². The summed E-state index contributed by atoms with van der Waals surface area (Å²) < 4.78 is 0. The molecular formula is C12H31N5. The zero-order valence-electron chi connectivity index (χ0n) is 11.6. The van der Waals surface area contributed by atoms with Crippen LogP contribution in [0.5, 0.6) is 0 Å². The predicted molar refractivity (Wildman–Crippen MR) is 75.2 cm³/mol. The van der Waals surface area contributed by atoms with Gasteiger partial charge in [0.2, 0.25) is 0 Å². The first-order valence-electron chi connectivity index (χ1n) is 6.77. The van der Waals surface area contributed by atoms with E-state index in [0.717, 1.165) is 19.6 Å². The molecule has 5 N–H and O–H groups in total. The highest BCUT2D eigenvalue weighted by atomic mass is 15.1. The molecule has 0 saturated heterocycles. The van der Waals surface area contributed by atoms with Crippen molar-refractivity contribution in [3.8, 4) is 0 Å². The van der Waals surface area contributed by atoms with Gasteiger partial charge in [0.1, 0.15) is 0 Å². The fraction of sp³-hybridized carbons (Fsp3) is 1.00. The van der Waals surface area contributed by atoms with Crippen molar-refractivity contribution >= 4 is 0 Å². The average molecular weight is 245 g/mol. The summed E-state index contributed by atoms with van der Waals surface area (Å²) in [5.74, 6) is 0. The summed E-state index contributed by atoms with van der Waals surface area (Å²) in [4.78, 5) is 2.55. The Kier molecular flexibility index (Phi) is 13.7.